The number of rotatable bonds is 11. The van der Waals surface area contributed by atoms with Gasteiger partial charge in [0.05, 0.1) is 6.42 Å². The Kier molecular flexibility index (Phi) is 9.25. The first-order valence-corrected chi connectivity index (χ1v) is 11.8. The molecule has 0 bridgehead atoms. The maximum absolute atomic E-state index is 13.6. The molecule has 4 nitrogen and oxygen atoms in total. The van der Waals surface area contributed by atoms with Gasteiger partial charge in [0.1, 0.15) is 6.04 Å². The van der Waals surface area contributed by atoms with Gasteiger partial charge in [-0.2, -0.15) is 0 Å². The molecule has 4 heteroatoms. The predicted molar refractivity (Wildman–Crippen MR) is 134 cm³/mol. The van der Waals surface area contributed by atoms with Gasteiger partial charge in [0, 0.05) is 19.5 Å². The number of unbranched alkanes of at least 4 members (excludes halogenated alkanes) is 1. The van der Waals surface area contributed by atoms with Crippen molar-refractivity contribution in [3.8, 4) is 0 Å². The van der Waals surface area contributed by atoms with Crippen LogP contribution < -0.4 is 5.32 Å². The van der Waals surface area contributed by atoms with E-state index in [1.165, 1.54) is 0 Å². The van der Waals surface area contributed by atoms with Crippen molar-refractivity contribution in [1.29, 1.82) is 0 Å². The summed E-state index contributed by atoms with van der Waals surface area (Å²) < 4.78 is 0. The lowest BCUT2D eigenvalue weighted by molar-refractivity contribution is -0.140. The maximum atomic E-state index is 13.6. The van der Waals surface area contributed by atoms with E-state index in [1.807, 2.05) is 85.8 Å². The molecule has 0 spiro atoms. The van der Waals surface area contributed by atoms with Gasteiger partial charge in [-0.05, 0) is 30.0 Å². The van der Waals surface area contributed by atoms with Gasteiger partial charge in [0.15, 0.2) is 0 Å². The van der Waals surface area contributed by atoms with Gasteiger partial charge in [0.25, 0.3) is 0 Å². The molecule has 0 aliphatic carbocycles. The number of aryl methyl sites for hydroxylation is 1. The molecule has 0 aliphatic heterocycles. The van der Waals surface area contributed by atoms with Gasteiger partial charge in [0.2, 0.25) is 11.8 Å². The number of hydrogen-bond acceptors (Lipinski definition) is 2. The molecular weight excluding hydrogens is 408 g/mol. The second-order valence-corrected chi connectivity index (χ2v) is 8.52. The fourth-order valence-corrected chi connectivity index (χ4v) is 3.94. The Morgan fingerprint density at radius 3 is 2.12 bits per heavy atom. The molecule has 0 saturated carbocycles. The zero-order chi connectivity index (χ0) is 23.5. The van der Waals surface area contributed by atoms with Crippen molar-refractivity contribution in [1.82, 2.24) is 10.2 Å². The van der Waals surface area contributed by atoms with Gasteiger partial charge in [-0.15, -0.1) is 0 Å². The number of carbonyl (C=O) groups excluding carboxylic acids is 2. The molecule has 0 saturated heterocycles. The van der Waals surface area contributed by atoms with Crippen LogP contribution in [0.2, 0.25) is 0 Å². The predicted octanol–water partition coefficient (Wildman–Crippen LogP) is 5.09. The lowest BCUT2D eigenvalue weighted by Gasteiger charge is -2.32. The van der Waals surface area contributed by atoms with Crippen LogP contribution in [-0.4, -0.2) is 29.3 Å². The number of carbonyl (C=O) groups is 2. The van der Waals surface area contributed by atoms with Crippen molar-refractivity contribution in [3.63, 3.8) is 0 Å². The van der Waals surface area contributed by atoms with Crippen molar-refractivity contribution in [2.45, 2.75) is 52.1 Å². The molecule has 3 aromatic carbocycles. The second kappa shape index (κ2) is 12.6. The lowest BCUT2D eigenvalue weighted by atomic mass is 10.0. The summed E-state index contributed by atoms with van der Waals surface area (Å²) in [6.45, 7) is 5.15. The van der Waals surface area contributed by atoms with Gasteiger partial charge in [-0.1, -0.05) is 104 Å². The molecule has 0 heterocycles. The van der Waals surface area contributed by atoms with E-state index in [-0.39, 0.29) is 18.2 Å². The van der Waals surface area contributed by atoms with Crippen LogP contribution in [0.1, 0.15) is 42.0 Å². The summed E-state index contributed by atoms with van der Waals surface area (Å²) in [4.78, 5) is 28.7. The largest absolute Gasteiger partial charge is 0.354 e. The van der Waals surface area contributed by atoms with Crippen LogP contribution in [0.4, 0.5) is 0 Å². The second-order valence-electron chi connectivity index (χ2n) is 8.52. The van der Waals surface area contributed by atoms with E-state index < -0.39 is 6.04 Å². The minimum atomic E-state index is -0.582. The maximum Gasteiger partial charge on any atom is 0.243 e. The standard InChI is InChI=1S/C29H34N2O2/c1-3-4-18-30-29(33)27(20-24-13-7-5-8-14-24)31(22-26-17-11-12-23(2)19-26)28(32)21-25-15-9-6-10-16-25/h5-17,19,27H,3-4,18,20-22H2,1-2H3,(H,30,33)/t27-/m1/s1. The van der Waals surface area contributed by atoms with Crippen LogP contribution in [0.5, 0.6) is 0 Å². The average Bonchev–Trinajstić information content (AvgIpc) is 2.82. The van der Waals surface area contributed by atoms with Crippen LogP contribution in [0.25, 0.3) is 0 Å². The summed E-state index contributed by atoms with van der Waals surface area (Å²) in [6.07, 6.45) is 2.66. The van der Waals surface area contributed by atoms with Gasteiger partial charge in [-0.3, -0.25) is 9.59 Å². The summed E-state index contributed by atoms with van der Waals surface area (Å²) in [6, 6.07) is 27.2. The van der Waals surface area contributed by atoms with E-state index >= 15 is 0 Å². The fraction of sp³-hybridized carbons (Fsp3) is 0.310. The minimum absolute atomic E-state index is 0.0470. The highest BCUT2D eigenvalue weighted by Gasteiger charge is 2.30. The topological polar surface area (TPSA) is 49.4 Å². The van der Waals surface area contributed by atoms with Crippen molar-refractivity contribution in [2.24, 2.45) is 0 Å². The molecule has 2 amide bonds. The highest BCUT2D eigenvalue weighted by Crippen LogP contribution is 2.17. The van der Waals surface area contributed by atoms with E-state index in [0.717, 1.165) is 35.1 Å². The molecule has 0 fully saturated rings. The van der Waals surface area contributed by atoms with E-state index in [9.17, 15) is 9.59 Å². The van der Waals surface area contributed by atoms with Crippen LogP contribution in [0, 0.1) is 6.92 Å². The molecular formula is C29H34N2O2. The Bertz CT molecular complexity index is 1020. The number of nitrogens with zero attached hydrogens (tertiary/aromatic N) is 1. The number of nitrogens with one attached hydrogen (secondary N) is 1. The normalized spacial score (nSPS) is 11.6. The third-order valence-electron chi connectivity index (χ3n) is 5.73. The molecule has 0 unspecified atom stereocenters. The summed E-state index contributed by atoms with van der Waals surface area (Å²) in [5.41, 5.74) is 4.14. The van der Waals surface area contributed by atoms with Crippen molar-refractivity contribution in [3.05, 3.63) is 107 Å². The summed E-state index contributed by atoms with van der Waals surface area (Å²) in [5, 5.41) is 3.07. The smallest absolute Gasteiger partial charge is 0.243 e. The number of hydrogen-bond donors (Lipinski definition) is 1. The van der Waals surface area contributed by atoms with Gasteiger partial charge >= 0.3 is 0 Å². The third kappa shape index (κ3) is 7.60. The third-order valence-corrected chi connectivity index (χ3v) is 5.73. The molecule has 0 aliphatic rings. The quantitative estimate of drug-likeness (QED) is 0.420. The monoisotopic (exact) mass is 442 g/mol. The van der Waals surface area contributed by atoms with E-state index in [4.69, 9.17) is 0 Å². The molecule has 0 aromatic heterocycles. The highest BCUT2D eigenvalue weighted by molar-refractivity contribution is 5.88. The average molecular weight is 443 g/mol. The van der Waals surface area contributed by atoms with E-state index in [1.54, 1.807) is 4.90 Å². The Labute approximate surface area is 197 Å². The molecule has 172 valence electrons. The number of amides is 2. The van der Waals surface area contributed by atoms with Crippen LogP contribution in [-0.2, 0) is 29.0 Å². The molecule has 0 radical (unpaired) electrons. The first kappa shape index (κ1) is 24.2. The number of benzene rings is 3. The first-order chi connectivity index (χ1) is 16.1. The highest BCUT2D eigenvalue weighted by atomic mass is 16.2. The lowest BCUT2D eigenvalue weighted by Crippen LogP contribution is -2.51. The molecule has 33 heavy (non-hydrogen) atoms. The van der Waals surface area contributed by atoms with Crippen molar-refractivity contribution in [2.75, 3.05) is 6.54 Å². The molecule has 3 aromatic rings. The Balaban J connectivity index is 1.92. The van der Waals surface area contributed by atoms with Crippen LogP contribution in [0.15, 0.2) is 84.9 Å². The first-order valence-electron chi connectivity index (χ1n) is 11.8. The summed E-state index contributed by atoms with van der Waals surface area (Å²) in [5.74, 6) is -0.143. The molecule has 1 atom stereocenters. The van der Waals surface area contributed by atoms with E-state index in [2.05, 4.69) is 18.3 Å². The summed E-state index contributed by atoms with van der Waals surface area (Å²) in [7, 11) is 0. The van der Waals surface area contributed by atoms with Crippen LogP contribution >= 0.6 is 0 Å². The van der Waals surface area contributed by atoms with Crippen molar-refractivity contribution < 1.29 is 9.59 Å². The zero-order valence-electron chi connectivity index (χ0n) is 19.7. The van der Waals surface area contributed by atoms with Crippen molar-refractivity contribution >= 4 is 11.8 Å². The molecule has 1 N–H and O–H groups in total. The molecule has 3 rings (SSSR count). The fourth-order valence-electron chi connectivity index (χ4n) is 3.94. The SMILES string of the molecule is CCCCNC(=O)[C@@H](Cc1ccccc1)N(Cc1cccc(C)c1)C(=O)Cc1ccccc1. The summed E-state index contributed by atoms with van der Waals surface area (Å²) >= 11 is 0. The van der Waals surface area contributed by atoms with Gasteiger partial charge < -0.3 is 10.2 Å². The zero-order valence-corrected chi connectivity index (χ0v) is 19.7. The van der Waals surface area contributed by atoms with E-state index in [0.29, 0.717) is 19.5 Å². The Morgan fingerprint density at radius 1 is 0.848 bits per heavy atom. The van der Waals surface area contributed by atoms with Crippen LogP contribution in [0.3, 0.4) is 0 Å². The Hall–Kier alpha value is -3.40. The Morgan fingerprint density at radius 2 is 1.48 bits per heavy atom. The van der Waals surface area contributed by atoms with Gasteiger partial charge in [-0.25, -0.2) is 0 Å². The minimum Gasteiger partial charge on any atom is -0.354 e.